The van der Waals surface area contributed by atoms with Gasteiger partial charge in [-0.25, -0.2) is 4.39 Å². The summed E-state index contributed by atoms with van der Waals surface area (Å²) in [5, 5.41) is 6.96. The van der Waals surface area contributed by atoms with Gasteiger partial charge in [-0.3, -0.25) is 14.7 Å². The van der Waals surface area contributed by atoms with E-state index in [0.29, 0.717) is 37.3 Å². The molecule has 2 aliphatic heterocycles. The summed E-state index contributed by atoms with van der Waals surface area (Å²) < 4.78 is 13.0. The normalized spacial score (nSPS) is 18.1. The van der Waals surface area contributed by atoms with Gasteiger partial charge in [0.1, 0.15) is 11.5 Å². The predicted octanol–water partition coefficient (Wildman–Crippen LogP) is 2.69. The van der Waals surface area contributed by atoms with Gasteiger partial charge in [-0.2, -0.15) is 5.10 Å². The minimum Gasteiger partial charge on any atom is -0.342 e. The predicted molar refractivity (Wildman–Crippen MR) is 98.4 cm³/mol. The van der Waals surface area contributed by atoms with Crippen molar-refractivity contribution in [1.29, 1.82) is 0 Å². The smallest absolute Gasteiger partial charge is 0.271 e. The van der Waals surface area contributed by atoms with E-state index >= 15 is 0 Å². The zero-order chi connectivity index (χ0) is 18.8. The van der Waals surface area contributed by atoms with Crippen molar-refractivity contribution in [1.82, 2.24) is 20.0 Å². The third kappa shape index (κ3) is 3.72. The average molecular weight is 370 g/mol. The molecule has 2 amide bonds. The molecule has 0 bridgehead atoms. The number of rotatable bonds is 3. The van der Waals surface area contributed by atoms with Gasteiger partial charge < -0.3 is 9.80 Å². The summed E-state index contributed by atoms with van der Waals surface area (Å²) in [4.78, 5) is 29.0. The Balaban J connectivity index is 1.37. The van der Waals surface area contributed by atoms with Gasteiger partial charge in [0.2, 0.25) is 5.91 Å². The number of hydrogen-bond donors (Lipinski definition) is 1. The Kier molecular flexibility index (Phi) is 4.92. The van der Waals surface area contributed by atoms with E-state index in [-0.39, 0.29) is 23.5 Å². The van der Waals surface area contributed by atoms with Crippen molar-refractivity contribution in [2.45, 2.75) is 25.7 Å². The van der Waals surface area contributed by atoms with Crippen LogP contribution in [0.15, 0.2) is 30.3 Å². The molecule has 2 aromatic rings. The minimum atomic E-state index is -0.308. The van der Waals surface area contributed by atoms with Crippen molar-refractivity contribution >= 4 is 11.8 Å². The molecule has 0 saturated carbocycles. The number of likely N-dealkylation sites (tertiary alicyclic amines) is 2. The molecule has 7 heteroatoms. The van der Waals surface area contributed by atoms with E-state index in [1.54, 1.807) is 23.1 Å². The molecule has 2 saturated heterocycles. The Bertz CT molecular complexity index is 819. The van der Waals surface area contributed by atoms with Crippen molar-refractivity contribution < 1.29 is 14.0 Å². The van der Waals surface area contributed by atoms with Gasteiger partial charge >= 0.3 is 0 Å². The lowest BCUT2D eigenvalue weighted by Gasteiger charge is -2.32. The van der Waals surface area contributed by atoms with E-state index in [2.05, 4.69) is 10.2 Å². The first-order chi connectivity index (χ1) is 13.1. The second-order valence-corrected chi connectivity index (χ2v) is 7.27. The third-order valence-electron chi connectivity index (χ3n) is 5.50. The van der Waals surface area contributed by atoms with Gasteiger partial charge in [0.25, 0.3) is 5.91 Å². The van der Waals surface area contributed by atoms with Crippen molar-refractivity contribution in [2.75, 3.05) is 26.2 Å². The van der Waals surface area contributed by atoms with E-state index < -0.39 is 0 Å². The van der Waals surface area contributed by atoms with Gasteiger partial charge in [-0.15, -0.1) is 0 Å². The zero-order valence-electron chi connectivity index (χ0n) is 15.2. The highest BCUT2D eigenvalue weighted by atomic mass is 19.1. The maximum atomic E-state index is 13.0. The van der Waals surface area contributed by atoms with Crippen LogP contribution in [0.2, 0.25) is 0 Å². The molecule has 0 radical (unpaired) electrons. The fourth-order valence-corrected chi connectivity index (χ4v) is 3.90. The van der Waals surface area contributed by atoms with Gasteiger partial charge in [0, 0.05) is 37.7 Å². The molecule has 2 aliphatic rings. The Hall–Kier alpha value is -2.70. The summed E-state index contributed by atoms with van der Waals surface area (Å²) >= 11 is 0. The van der Waals surface area contributed by atoms with Crippen LogP contribution in [-0.4, -0.2) is 58.0 Å². The van der Waals surface area contributed by atoms with Gasteiger partial charge in [0.15, 0.2) is 0 Å². The number of carbonyl (C=O) groups is 2. The van der Waals surface area contributed by atoms with Crippen LogP contribution >= 0.6 is 0 Å². The van der Waals surface area contributed by atoms with Crippen LogP contribution < -0.4 is 0 Å². The van der Waals surface area contributed by atoms with E-state index in [1.807, 2.05) is 4.90 Å². The lowest BCUT2D eigenvalue weighted by atomic mass is 9.95. The standard InChI is InChI=1S/C20H23FN4O2/c21-16-5-3-14(4-6-16)17-13-18(23-22-17)20(27)25-11-7-15(8-12-25)19(26)24-9-1-2-10-24/h3-6,13,15H,1-2,7-12H2,(H,22,23). The molecule has 0 unspecified atom stereocenters. The number of carbonyl (C=O) groups excluding carboxylic acids is 2. The summed E-state index contributed by atoms with van der Waals surface area (Å²) in [6, 6.07) is 7.70. The lowest BCUT2D eigenvalue weighted by molar-refractivity contribution is -0.135. The SMILES string of the molecule is O=C(c1cc(-c2ccc(F)cc2)n[nH]1)N1CCC(C(=O)N2CCCC2)CC1. The number of hydrogen-bond acceptors (Lipinski definition) is 3. The van der Waals surface area contributed by atoms with E-state index in [1.165, 1.54) is 12.1 Å². The molecule has 0 spiro atoms. The van der Waals surface area contributed by atoms with Crippen molar-refractivity contribution in [3.05, 3.63) is 41.8 Å². The topological polar surface area (TPSA) is 69.3 Å². The average Bonchev–Trinajstić information content (AvgIpc) is 3.40. The quantitative estimate of drug-likeness (QED) is 0.903. The fraction of sp³-hybridized carbons (Fsp3) is 0.450. The highest BCUT2D eigenvalue weighted by molar-refractivity contribution is 5.93. The summed E-state index contributed by atoms with van der Waals surface area (Å²) in [7, 11) is 0. The van der Waals surface area contributed by atoms with E-state index in [0.717, 1.165) is 31.5 Å². The zero-order valence-corrected chi connectivity index (χ0v) is 15.2. The Labute approximate surface area is 157 Å². The Morgan fingerprint density at radius 1 is 1.00 bits per heavy atom. The van der Waals surface area contributed by atoms with Crippen molar-refractivity contribution in [2.24, 2.45) is 5.92 Å². The first-order valence-corrected chi connectivity index (χ1v) is 9.51. The number of benzene rings is 1. The van der Waals surface area contributed by atoms with E-state index in [9.17, 15) is 14.0 Å². The maximum Gasteiger partial charge on any atom is 0.271 e. The molecule has 1 aromatic carbocycles. The molecule has 2 fully saturated rings. The number of piperidine rings is 1. The number of aromatic amines is 1. The molecule has 142 valence electrons. The fourth-order valence-electron chi connectivity index (χ4n) is 3.90. The largest absolute Gasteiger partial charge is 0.342 e. The first kappa shape index (κ1) is 17.7. The summed E-state index contributed by atoms with van der Waals surface area (Å²) in [5.41, 5.74) is 1.78. The monoisotopic (exact) mass is 370 g/mol. The second-order valence-electron chi connectivity index (χ2n) is 7.27. The van der Waals surface area contributed by atoms with Gasteiger partial charge in [-0.05, 0) is 56.0 Å². The van der Waals surface area contributed by atoms with Gasteiger partial charge in [-0.1, -0.05) is 0 Å². The van der Waals surface area contributed by atoms with Crippen LogP contribution in [0.3, 0.4) is 0 Å². The van der Waals surface area contributed by atoms with Crippen LogP contribution in [0.5, 0.6) is 0 Å². The molecule has 1 aromatic heterocycles. The van der Waals surface area contributed by atoms with Gasteiger partial charge in [0.05, 0.1) is 5.69 Å². The van der Waals surface area contributed by atoms with Crippen LogP contribution in [0.1, 0.15) is 36.2 Å². The minimum absolute atomic E-state index is 0.0312. The van der Waals surface area contributed by atoms with Crippen LogP contribution in [0.4, 0.5) is 4.39 Å². The number of nitrogens with one attached hydrogen (secondary N) is 1. The lowest BCUT2D eigenvalue weighted by Crippen LogP contribution is -2.43. The maximum absolute atomic E-state index is 13.0. The number of nitrogens with zero attached hydrogens (tertiary/aromatic N) is 3. The molecule has 1 N–H and O–H groups in total. The van der Waals surface area contributed by atoms with Crippen molar-refractivity contribution in [3.8, 4) is 11.3 Å². The van der Waals surface area contributed by atoms with Crippen LogP contribution in [0, 0.1) is 11.7 Å². The molecule has 0 aliphatic carbocycles. The first-order valence-electron chi connectivity index (χ1n) is 9.51. The number of halogens is 1. The molecule has 3 heterocycles. The molecule has 0 atom stereocenters. The van der Waals surface area contributed by atoms with E-state index in [4.69, 9.17) is 0 Å². The molecule has 27 heavy (non-hydrogen) atoms. The van der Waals surface area contributed by atoms with Crippen LogP contribution in [0.25, 0.3) is 11.3 Å². The van der Waals surface area contributed by atoms with Crippen molar-refractivity contribution in [3.63, 3.8) is 0 Å². The number of aromatic nitrogens is 2. The highest BCUT2D eigenvalue weighted by Crippen LogP contribution is 2.24. The Morgan fingerprint density at radius 3 is 2.33 bits per heavy atom. The number of amides is 2. The Morgan fingerprint density at radius 2 is 1.67 bits per heavy atom. The molecule has 4 rings (SSSR count). The highest BCUT2D eigenvalue weighted by Gasteiger charge is 2.31. The molecular formula is C20H23FN4O2. The second kappa shape index (κ2) is 7.50. The summed E-state index contributed by atoms with van der Waals surface area (Å²) in [6.07, 6.45) is 3.61. The summed E-state index contributed by atoms with van der Waals surface area (Å²) in [5.74, 6) is -0.136. The van der Waals surface area contributed by atoms with Crippen LogP contribution in [-0.2, 0) is 4.79 Å². The third-order valence-corrected chi connectivity index (χ3v) is 5.50. The number of H-pyrrole nitrogens is 1. The summed E-state index contributed by atoms with van der Waals surface area (Å²) in [6.45, 7) is 2.90. The molecular weight excluding hydrogens is 347 g/mol. The molecule has 6 nitrogen and oxygen atoms in total.